The summed E-state index contributed by atoms with van der Waals surface area (Å²) in [7, 11) is 0. The first-order valence-corrected chi connectivity index (χ1v) is 4.09. The molecule has 0 aliphatic carbocycles. The Morgan fingerprint density at radius 1 is 1.08 bits per heavy atom. The van der Waals surface area contributed by atoms with E-state index in [-0.39, 0.29) is 0 Å². The van der Waals surface area contributed by atoms with Crippen molar-refractivity contribution in [3.63, 3.8) is 0 Å². The Labute approximate surface area is 74.2 Å². The summed E-state index contributed by atoms with van der Waals surface area (Å²) in [6.45, 7) is 9.92. The largest absolute Gasteiger partial charge is 0.128 e. The van der Waals surface area contributed by atoms with E-state index in [0.29, 0.717) is 0 Å². The molecule has 0 bridgehead atoms. The summed E-state index contributed by atoms with van der Waals surface area (Å²) in [5.74, 6) is 0. The van der Waals surface area contributed by atoms with E-state index in [1.807, 2.05) is 6.08 Å². The molecule has 0 atom stereocenters. The Kier molecular flexibility index (Phi) is 2.52. The van der Waals surface area contributed by atoms with Gasteiger partial charge in [0, 0.05) is 0 Å². The SMILES string of the molecule is C=C=Cc1cc(C)c(C)cc1C. The molecule has 62 valence electrons. The molecule has 0 radical (unpaired) electrons. The number of hydrogen-bond donors (Lipinski definition) is 0. The van der Waals surface area contributed by atoms with E-state index in [2.05, 4.69) is 45.2 Å². The quantitative estimate of drug-likeness (QED) is 0.549. The van der Waals surface area contributed by atoms with Crippen molar-refractivity contribution < 1.29 is 0 Å². The van der Waals surface area contributed by atoms with Crippen LogP contribution in [0.2, 0.25) is 0 Å². The maximum absolute atomic E-state index is 3.57. The monoisotopic (exact) mass is 158 g/mol. The highest BCUT2D eigenvalue weighted by Gasteiger charge is 1.97. The van der Waals surface area contributed by atoms with E-state index in [0.717, 1.165) is 0 Å². The van der Waals surface area contributed by atoms with E-state index < -0.39 is 0 Å². The minimum absolute atomic E-state index is 1.22. The van der Waals surface area contributed by atoms with Crippen LogP contribution in [0.1, 0.15) is 22.3 Å². The fourth-order valence-electron chi connectivity index (χ4n) is 1.25. The van der Waals surface area contributed by atoms with Gasteiger partial charge < -0.3 is 0 Å². The molecule has 12 heavy (non-hydrogen) atoms. The van der Waals surface area contributed by atoms with Gasteiger partial charge in [0.15, 0.2) is 0 Å². The molecule has 0 fully saturated rings. The van der Waals surface area contributed by atoms with E-state index in [4.69, 9.17) is 0 Å². The van der Waals surface area contributed by atoms with Crippen molar-refractivity contribution >= 4 is 6.08 Å². The lowest BCUT2D eigenvalue weighted by Gasteiger charge is -2.04. The van der Waals surface area contributed by atoms with Crippen molar-refractivity contribution in [2.24, 2.45) is 0 Å². The molecular weight excluding hydrogens is 144 g/mol. The second kappa shape index (κ2) is 3.42. The number of benzene rings is 1. The zero-order valence-corrected chi connectivity index (χ0v) is 7.94. The van der Waals surface area contributed by atoms with Crippen LogP contribution in [0.4, 0.5) is 0 Å². The topological polar surface area (TPSA) is 0 Å². The van der Waals surface area contributed by atoms with Gasteiger partial charge in [0.25, 0.3) is 0 Å². The average molecular weight is 158 g/mol. The van der Waals surface area contributed by atoms with Gasteiger partial charge in [-0.3, -0.25) is 0 Å². The van der Waals surface area contributed by atoms with Gasteiger partial charge in [-0.15, -0.1) is 5.73 Å². The Morgan fingerprint density at radius 2 is 1.67 bits per heavy atom. The lowest BCUT2D eigenvalue weighted by molar-refractivity contribution is 1.29. The number of hydrogen-bond acceptors (Lipinski definition) is 0. The number of aryl methyl sites for hydroxylation is 3. The standard InChI is InChI=1S/C12H14/c1-5-6-12-8-10(3)9(2)7-11(12)4/h6-8H,1H2,2-4H3. The molecule has 0 aromatic heterocycles. The van der Waals surface area contributed by atoms with Gasteiger partial charge in [-0.2, -0.15) is 0 Å². The van der Waals surface area contributed by atoms with Crippen LogP contribution in [0.5, 0.6) is 0 Å². The molecular formula is C12H14. The second-order valence-corrected chi connectivity index (χ2v) is 3.14. The Hall–Kier alpha value is -1.26. The van der Waals surface area contributed by atoms with Crippen molar-refractivity contribution in [1.29, 1.82) is 0 Å². The zero-order chi connectivity index (χ0) is 9.14. The van der Waals surface area contributed by atoms with E-state index in [1.54, 1.807) is 0 Å². The average Bonchev–Trinajstić information content (AvgIpc) is 2.01. The third-order valence-corrected chi connectivity index (χ3v) is 2.14. The van der Waals surface area contributed by atoms with Crippen molar-refractivity contribution in [3.8, 4) is 0 Å². The summed E-state index contributed by atoms with van der Waals surface area (Å²) in [4.78, 5) is 0. The molecule has 0 saturated carbocycles. The van der Waals surface area contributed by atoms with Gasteiger partial charge in [0.1, 0.15) is 0 Å². The molecule has 0 aliphatic heterocycles. The highest BCUT2D eigenvalue weighted by molar-refractivity contribution is 5.55. The molecule has 0 nitrogen and oxygen atoms in total. The Morgan fingerprint density at radius 3 is 2.25 bits per heavy atom. The summed E-state index contributed by atoms with van der Waals surface area (Å²) in [6.07, 6.45) is 1.92. The van der Waals surface area contributed by atoms with Crippen molar-refractivity contribution in [1.82, 2.24) is 0 Å². The Bertz CT molecular complexity index is 339. The Balaban J connectivity index is 3.32. The maximum atomic E-state index is 3.57. The predicted molar refractivity (Wildman–Crippen MR) is 54.3 cm³/mol. The maximum Gasteiger partial charge on any atom is -0.0131 e. The molecule has 0 unspecified atom stereocenters. The van der Waals surface area contributed by atoms with Gasteiger partial charge in [-0.05, 0) is 49.1 Å². The van der Waals surface area contributed by atoms with Crippen LogP contribution in [0, 0.1) is 20.8 Å². The van der Waals surface area contributed by atoms with E-state index >= 15 is 0 Å². The smallest absolute Gasteiger partial charge is 0.0131 e. The highest BCUT2D eigenvalue weighted by atomic mass is 14.0. The van der Waals surface area contributed by atoms with Gasteiger partial charge in [-0.1, -0.05) is 18.7 Å². The molecule has 1 aromatic rings. The third-order valence-electron chi connectivity index (χ3n) is 2.14. The predicted octanol–water partition coefficient (Wildman–Crippen LogP) is 3.41. The van der Waals surface area contributed by atoms with Gasteiger partial charge in [-0.25, -0.2) is 0 Å². The van der Waals surface area contributed by atoms with E-state index in [1.165, 1.54) is 22.3 Å². The van der Waals surface area contributed by atoms with Crippen LogP contribution in [-0.4, -0.2) is 0 Å². The van der Waals surface area contributed by atoms with Crippen molar-refractivity contribution in [3.05, 3.63) is 46.7 Å². The summed E-state index contributed by atoms with van der Waals surface area (Å²) < 4.78 is 0. The molecule has 0 saturated heterocycles. The fraction of sp³-hybridized carbons (Fsp3) is 0.250. The summed E-state index contributed by atoms with van der Waals surface area (Å²) >= 11 is 0. The van der Waals surface area contributed by atoms with Crippen molar-refractivity contribution in [2.75, 3.05) is 0 Å². The summed E-state index contributed by atoms with van der Waals surface area (Å²) in [5.41, 5.74) is 7.96. The normalized spacial score (nSPS) is 9.25. The minimum atomic E-state index is 1.22. The molecule has 0 aliphatic rings. The first-order chi connectivity index (χ1) is 5.65. The molecule has 0 heteroatoms. The van der Waals surface area contributed by atoms with Gasteiger partial charge in [0.2, 0.25) is 0 Å². The third kappa shape index (κ3) is 1.66. The summed E-state index contributed by atoms with van der Waals surface area (Å²) in [6, 6.07) is 4.36. The zero-order valence-electron chi connectivity index (χ0n) is 7.94. The second-order valence-electron chi connectivity index (χ2n) is 3.14. The van der Waals surface area contributed by atoms with E-state index in [9.17, 15) is 0 Å². The van der Waals surface area contributed by atoms with Gasteiger partial charge in [0.05, 0.1) is 0 Å². The lowest BCUT2D eigenvalue weighted by Crippen LogP contribution is -1.86. The van der Waals surface area contributed by atoms with Crippen LogP contribution in [-0.2, 0) is 0 Å². The van der Waals surface area contributed by atoms with Crippen LogP contribution < -0.4 is 0 Å². The van der Waals surface area contributed by atoms with Crippen LogP contribution >= 0.6 is 0 Å². The molecule has 0 spiro atoms. The molecule has 1 aromatic carbocycles. The minimum Gasteiger partial charge on any atom is -0.128 e. The van der Waals surface area contributed by atoms with Crippen molar-refractivity contribution in [2.45, 2.75) is 20.8 Å². The molecule has 0 heterocycles. The summed E-state index contributed by atoms with van der Waals surface area (Å²) in [5, 5.41) is 0. The first-order valence-electron chi connectivity index (χ1n) is 4.09. The molecule has 0 N–H and O–H groups in total. The lowest BCUT2D eigenvalue weighted by atomic mass is 10.0. The van der Waals surface area contributed by atoms with Gasteiger partial charge >= 0.3 is 0 Å². The van der Waals surface area contributed by atoms with Crippen LogP contribution in [0.3, 0.4) is 0 Å². The number of rotatable bonds is 1. The highest BCUT2D eigenvalue weighted by Crippen LogP contribution is 2.15. The molecule has 0 amide bonds. The van der Waals surface area contributed by atoms with Crippen LogP contribution in [0.25, 0.3) is 6.08 Å². The molecule has 1 rings (SSSR count). The van der Waals surface area contributed by atoms with Crippen LogP contribution in [0.15, 0.2) is 24.4 Å². The first kappa shape index (κ1) is 8.83. The fourth-order valence-corrected chi connectivity index (χ4v) is 1.25.